The second kappa shape index (κ2) is 8.06. The highest BCUT2D eigenvalue weighted by molar-refractivity contribution is 5.94. The van der Waals surface area contributed by atoms with Gasteiger partial charge in [0.05, 0.1) is 6.61 Å². The number of hydrogen-bond acceptors (Lipinski definition) is 2. The molecule has 0 spiro atoms. The highest BCUT2D eigenvalue weighted by Crippen LogP contribution is 2.16. The number of hydrogen-bond donors (Lipinski definition) is 1. The van der Waals surface area contributed by atoms with Gasteiger partial charge in [-0.1, -0.05) is 30.3 Å². The predicted molar refractivity (Wildman–Crippen MR) is 79.7 cm³/mol. The molecule has 0 atom stereocenters. The van der Waals surface area contributed by atoms with Crippen molar-refractivity contribution in [2.75, 3.05) is 6.61 Å². The van der Waals surface area contributed by atoms with Gasteiger partial charge in [-0.15, -0.1) is 0 Å². The monoisotopic (exact) mass is 359 g/mol. The number of halogens is 5. The Balaban J connectivity index is 1.88. The van der Waals surface area contributed by atoms with Crippen LogP contribution in [-0.4, -0.2) is 18.7 Å². The van der Waals surface area contributed by atoms with Crippen molar-refractivity contribution in [2.45, 2.75) is 19.3 Å². The van der Waals surface area contributed by atoms with Gasteiger partial charge in [0.15, 0.2) is 0 Å². The molecule has 0 aliphatic carbocycles. The lowest BCUT2D eigenvalue weighted by molar-refractivity contribution is -0.176. The number of nitrogens with one attached hydrogen (secondary N) is 1. The number of carbonyl (C=O) groups excluding carboxylic acids is 1. The van der Waals surface area contributed by atoms with Crippen LogP contribution in [0.5, 0.6) is 0 Å². The summed E-state index contributed by atoms with van der Waals surface area (Å²) >= 11 is 0. The van der Waals surface area contributed by atoms with E-state index in [1.807, 2.05) is 0 Å². The maximum Gasteiger partial charge on any atom is 0.411 e. The Morgan fingerprint density at radius 3 is 2.08 bits per heavy atom. The summed E-state index contributed by atoms with van der Waals surface area (Å²) in [5.41, 5.74) is 0.476. The molecule has 0 bridgehead atoms. The molecule has 1 N–H and O–H groups in total. The fraction of sp³-hybridized carbons (Fsp3) is 0.235. The second-order valence-corrected chi connectivity index (χ2v) is 5.20. The van der Waals surface area contributed by atoms with Crippen molar-refractivity contribution in [1.29, 1.82) is 0 Å². The lowest BCUT2D eigenvalue weighted by Gasteiger charge is -2.09. The van der Waals surface area contributed by atoms with Crippen molar-refractivity contribution in [3.8, 4) is 0 Å². The summed E-state index contributed by atoms with van der Waals surface area (Å²) in [5.74, 6) is -2.82. The van der Waals surface area contributed by atoms with Gasteiger partial charge in [-0.25, -0.2) is 8.78 Å². The number of benzene rings is 2. The van der Waals surface area contributed by atoms with E-state index in [-0.39, 0.29) is 13.2 Å². The van der Waals surface area contributed by atoms with Crippen LogP contribution in [0.15, 0.2) is 42.5 Å². The van der Waals surface area contributed by atoms with Gasteiger partial charge in [-0.2, -0.15) is 13.2 Å². The Morgan fingerprint density at radius 1 is 0.960 bits per heavy atom. The standard InChI is InChI=1S/C17H14F5NO2/c18-13-2-1-3-14(19)15(13)16(24)23-8-11-4-6-12(7-5-11)9-25-10-17(20,21)22/h1-7H,8-10H2,(H,23,24). The van der Waals surface area contributed by atoms with E-state index in [1.165, 1.54) is 0 Å². The fourth-order valence-corrected chi connectivity index (χ4v) is 2.02. The third kappa shape index (κ3) is 5.82. The van der Waals surface area contributed by atoms with Gasteiger partial charge in [0.25, 0.3) is 5.91 Å². The molecule has 0 aliphatic rings. The van der Waals surface area contributed by atoms with Crippen molar-refractivity contribution in [1.82, 2.24) is 5.32 Å². The molecule has 2 rings (SSSR count). The van der Waals surface area contributed by atoms with Crippen molar-refractivity contribution in [2.24, 2.45) is 0 Å². The third-order valence-corrected chi connectivity index (χ3v) is 3.20. The predicted octanol–water partition coefficient (Wildman–Crippen LogP) is 3.97. The first-order valence-electron chi connectivity index (χ1n) is 7.21. The first kappa shape index (κ1) is 18.9. The first-order chi connectivity index (χ1) is 11.8. The zero-order chi connectivity index (χ0) is 18.4. The maximum absolute atomic E-state index is 13.5. The number of amides is 1. The molecule has 0 fully saturated rings. The lowest BCUT2D eigenvalue weighted by Crippen LogP contribution is -2.25. The number of alkyl halides is 3. The summed E-state index contributed by atoms with van der Waals surface area (Å²) in [6, 6.07) is 9.35. The molecule has 2 aromatic carbocycles. The van der Waals surface area contributed by atoms with Crippen molar-refractivity contribution < 1.29 is 31.5 Å². The highest BCUT2D eigenvalue weighted by Gasteiger charge is 2.27. The van der Waals surface area contributed by atoms with E-state index in [4.69, 9.17) is 0 Å². The van der Waals surface area contributed by atoms with Crippen LogP contribution in [0, 0.1) is 11.6 Å². The van der Waals surface area contributed by atoms with Crippen LogP contribution >= 0.6 is 0 Å². The molecule has 8 heteroatoms. The van der Waals surface area contributed by atoms with Crippen LogP contribution in [-0.2, 0) is 17.9 Å². The zero-order valence-electron chi connectivity index (χ0n) is 12.9. The SMILES string of the molecule is O=C(NCc1ccc(COCC(F)(F)F)cc1)c1c(F)cccc1F. The molecule has 0 radical (unpaired) electrons. The van der Waals surface area contributed by atoms with Crippen LogP contribution < -0.4 is 5.32 Å². The summed E-state index contributed by atoms with van der Waals surface area (Å²) in [4.78, 5) is 11.8. The molecule has 0 aromatic heterocycles. The summed E-state index contributed by atoms with van der Waals surface area (Å²) < 4.78 is 67.4. The molecule has 0 saturated heterocycles. The van der Waals surface area contributed by atoms with E-state index in [2.05, 4.69) is 10.1 Å². The molecule has 1 amide bonds. The summed E-state index contributed by atoms with van der Waals surface area (Å²) in [7, 11) is 0. The Kier molecular flexibility index (Phi) is 6.08. The van der Waals surface area contributed by atoms with E-state index in [9.17, 15) is 26.7 Å². The van der Waals surface area contributed by atoms with E-state index >= 15 is 0 Å². The molecule has 2 aromatic rings. The number of ether oxygens (including phenoxy) is 1. The highest BCUT2D eigenvalue weighted by atomic mass is 19.4. The Hall–Kier alpha value is -2.48. The van der Waals surface area contributed by atoms with Gasteiger partial charge >= 0.3 is 6.18 Å². The van der Waals surface area contributed by atoms with E-state index in [0.29, 0.717) is 11.1 Å². The van der Waals surface area contributed by atoms with Gasteiger partial charge in [0, 0.05) is 6.54 Å². The van der Waals surface area contributed by atoms with Gasteiger partial charge < -0.3 is 10.1 Å². The molecule has 134 valence electrons. The summed E-state index contributed by atoms with van der Waals surface area (Å²) in [6.45, 7) is -1.53. The summed E-state index contributed by atoms with van der Waals surface area (Å²) in [6.07, 6.45) is -4.38. The Morgan fingerprint density at radius 2 is 1.52 bits per heavy atom. The quantitative estimate of drug-likeness (QED) is 0.793. The van der Waals surface area contributed by atoms with Crippen LogP contribution in [0.1, 0.15) is 21.5 Å². The van der Waals surface area contributed by atoms with Crippen LogP contribution in [0.25, 0.3) is 0 Å². The average molecular weight is 359 g/mol. The molecular formula is C17H14F5NO2. The van der Waals surface area contributed by atoms with Gasteiger partial charge in [-0.05, 0) is 23.3 Å². The largest absolute Gasteiger partial charge is 0.411 e. The maximum atomic E-state index is 13.5. The fourth-order valence-electron chi connectivity index (χ4n) is 2.02. The van der Waals surface area contributed by atoms with E-state index in [0.717, 1.165) is 18.2 Å². The first-order valence-corrected chi connectivity index (χ1v) is 7.21. The van der Waals surface area contributed by atoms with Crippen molar-refractivity contribution in [3.05, 3.63) is 70.8 Å². The molecular weight excluding hydrogens is 345 g/mol. The van der Waals surface area contributed by atoms with Crippen LogP contribution in [0.4, 0.5) is 22.0 Å². The molecule has 0 unspecified atom stereocenters. The molecule has 25 heavy (non-hydrogen) atoms. The van der Waals surface area contributed by atoms with Crippen molar-refractivity contribution >= 4 is 5.91 Å². The van der Waals surface area contributed by atoms with Crippen LogP contribution in [0.2, 0.25) is 0 Å². The molecule has 0 heterocycles. The Labute approximate surface area is 140 Å². The minimum absolute atomic E-state index is 0.0102. The lowest BCUT2D eigenvalue weighted by atomic mass is 10.1. The zero-order valence-corrected chi connectivity index (χ0v) is 12.9. The molecule has 0 aliphatic heterocycles. The Bertz CT molecular complexity index is 709. The minimum atomic E-state index is -4.38. The van der Waals surface area contributed by atoms with Gasteiger partial charge in [0.1, 0.15) is 23.8 Å². The van der Waals surface area contributed by atoms with Crippen LogP contribution in [0.3, 0.4) is 0 Å². The van der Waals surface area contributed by atoms with Gasteiger partial charge in [0.2, 0.25) is 0 Å². The average Bonchev–Trinajstić information content (AvgIpc) is 2.53. The van der Waals surface area contributed by atoms with E-state index < -0.39 is 35.9 Å². The second-order valence-electron chi connectivity index (χ2n) is 5.20. The normalized spacial score (nSPS) is 11.4. The summed E-state index contributed by atoms with van der Waals surface area (Å²) in [5, 5.41) is 2.38. The minimum Gasteiger partial charge on any atom is -0.367 e. The number of carbonyl (C=O) groups is 1. The third-order valence-electron chi connectivity index (χ3n) is 3.20. The van der Waals surface area contributed by atoms with E-state index in [1.54, 1.807) is 24.3 Å². The molecule has 0 saturated carbocycles. The smallest absolute Gasteiger partial charge is 0.367 e. The molecule has 3 nitrogen and oxygen atoms in total. The van der Waals surface area contributed by atoms with Gasteiger partial charge in [-0.3, -0.25) is 4.79 Å². The number of rotatable bonds is 6. The topological polar surface area (TPSA) is 38.3 Å². The van der Waals surface area contributed by atoms with Crippen molar-refractivity contribution in [3.63, 3.8) is 0 Å².